The van der Waals surface area contributed by atoms with Gasteiger partial charge in [0.2, 0.25) is 0 Å². The van der Waals surface area contributed by atoms with E-state index in [0.717, 1.165) is 12.8 Å². The van der Waals surface area contributed by atoms with Gasteiger partial charge in [-0.2, -0.15) is 0 Å². The summed E-state index contributed by atoms with van der Waals surface area (Å²) in [6, 6.07) is 0. The van der Waals surface area contributed by atoms with Crippen molar-refractivity contribution in [2.24, 2.45) is 11.4 Å². The van der Waals surface area contributed by atoms with Crippen molar-refractivity contribution in [1.29, 1.82) is 0 Å². The molecule has 0 rings (SSSR count). The topological polar surface area (TPSA) is 87.6 Å². The van der Waals surface area contributed by atoms with Crippen LogP contribution in [0.25, 0.3) is 0 Å². The van der Waals surface area contributed by atoms with Gasteiger partial charge in [0.15, 0.2) is 0 Å². The van der Waals surface area contributed by atoms with Gasteiger partial charge >= 0.3 is 7.75 Å². The highest BCUT2D eigenvalue weighted by molar-refractivity contribution is 7.51. The van der Waals surface area contributed by atoms with E-state index in [0.29, 0.717) is 6.61 Å². The Morgan fingerprint density at radius 3 is 2.60 bits per heavy atom. The van der Waals surface area contributed by atoms with E-state index in [-0.39, 0.29) is 0 Å². The standard InChI is InChI=1S/C4H13N2O3P/c1-2-3-4-8-10(6,7)9-5/h2-5H2,1H3,(H2,6,7). The monoisotopic (exact) mass is 168 g/mol. The highest BCUT2D eigenvalue weighted by atomic mass is 31.2. The Morgan fingerprint density at radius 1 is 1.60 bits per heavy atom. The first-order chi connectivity index (χ1) is 4.62. The van der Waals surface area contributed by atoms with Crippen LogP contribution in [0, 0.1) is 0 Å². The Bertz CT molecular complexity index is 130. The molecule has 10 heavy (non-hydrogen) atoms. The maximum absolute atomic E-state index is 10.7. The van der Waals surface area contributed by atoms with Crippen molar-refractivity contribution in [3.05, 3.63) is 0 Å². The molecule has 62 valence electrons. The summed E-state index contributed by atoms with van der Waals surface area (Å²) < 4.78 is 19.2. The number of nitrogens with two attached hydrogens (primary N) is 2. The Hall–Kier alpha value is 0.0700. The molecule has 0 bridgehead atoms. The van der Waals surface area contributed by atoms with Gasteiger partial charge in [-0.3, -0.25) is 4.52 Å². The molecule has 0 aromatic rings. The predicted molar refractivity (Wildman–Crippen MR) is 37.9 cm³/mol. The van der Waals surface area contributed by atoms with Gasteiger partial charge in [0.05, 0.1) is 6.61 Å². The second-order valence-corrected chi connectivity index (χ2v) is 3.38. The first-order valence-electron chi connectivity index (χ1n) is 3.04. The first kappa shape index (κ1) is 10.1. The minimum Gasteiger partial charge on any atom is -0.296 e. The second kappa shape index (κ2) is 4.82. The fourth-order valence-corrected chi connectivity index (χ4v) is 0.811. The SMILES string of the molecule is CCCCOP(N)(=O)ON. The number of rotatable bonds is 5. The number of unbranched alkanes of at least 4 members (excludes halogenated alkanes) is 1. The smallest absolute Gasteiger partial charge is 0.296 e. The van der Waals surface area contributed by atoms with E-state index in [1.54, 1.807) is 0 Å². The molecule has 0 heterocycles. The third-order valence-electron chi connectivity index (χ3n) is 0.916. The van der Waals surface area contributed by atoms with E-state index < -0.39 is 7.75 Å². The third-order valence-corrected chi connectivity index (χ3v) is 1.75. The van der Waals surface area contributed by atoms with Crippen LogP contribution >= 0.6 is 7.75 Å². The molecule has 0 aromatic heterocycles. The van der Waals surface area contributed by atoms with Crippen LogP contribution in [0.3, 0.4) is 0 Å². The van der Waals surface area contributed by atoms with Crippen molar-refractivity contribution in [1.82, 2.24) is 0 Å². The molecule has 0 aliphatic heterocycles. The molecule has 4 N–H and O–H groups in total. The zero-order chi connectivity index (χ0) is 8.04. The minimum atomic E-state index is -3.43. The Morgan fingerprint density at radius 2 is 2.20 bits per heavy atom. The van der Waals surface area contributed by atoms with Crippen LogP contribution in [0.1, 0.15) is 19.8 Å². The molecule has 0 saturated carbocycles. The van der Waals surface area contributed by atoms with Crippen LogP contribution in [0.2, 0.25) is 0 Å². The summed E-state index contributed by atoms with van der Waals surface area (Å²) in [4.78, 5) is 0. The third kappa shape index (κ3) is 4.90. The summed E-state index contributed by atoms with van der Waals surface area (Å²) in [7, 11) is -3.43. The number of hydrogen-bond acceptors (Lipinski definition) is 4. The van der Waals surface area contributed by atoms with E-state index in [4.69, 9.17) is 5.50 Å². The molecule has 1 unspecified atom stereocenters. The second-order valence-electron chi connectivity index (χ2n) is 1.83. The summed E-state index contributed by atoms with van der Waals surface area (Å²) in [5.41, 5.74) is 4.94. The summed E-state index contributed by atoms with van der Waals surface area (Å²) >= 11 is 0. The van der Waals surface area contributed by atoms with E-state index >= 15 is 0 Å². The quantitative estimate of drug-likeness (QED) is 0.359. The van der Waals surface area contributed by atoms with Crippen molar-refractivity contribution < 1.29 is 13.7 Å². The number of hydrogen-bond donors (Lipinski definition) is 2. The lowest BCUT2D eigenvalue weighted by molar-refractivity contribution is 0.206. The van der Waals surface area contributed by atoms with Crippen molar-refractivity contribution in [2.75, 3.05) is 6.61 Å². The molecule has 6 heteroatoms. The predicted octanol–water partition coefficient (Wildman–Crippen LogP) is 0.760. The highest BCUT2D eigenvalue weighted by Crippen LogP contribution is 2.36. The zero-order valence-electron chi connectivity index (χ0n) is 5.95. The van der Waals surface area contributed by atoms with Crippen molar-refractivity contribution in [3.8, 4) is 0 Å². The van der Waals surface area contributed by atoms with Crippen molar-refractivity contribution in [3.63, 3.8) is 0 Å². The zero-order valence-corrected chi connectivity index (χ0v) is 6.84. The van der Waals surface area contributed by atoms with Gasteiger partial charge in [0, 0.05) is 0 Å². The molecule has 5 nitrogen and oxygen atoms in total. The lowest BCUT2D eigenvalue weighted by Crippen LogP contribution is -2.08. The van der Waals surface area contributed by atoms with Crippen LogP contribution in [0.15, 0.2) is 0 Å². The fourth-order valence-electron chi connectivity index (χ4n) is 0.367. The van der Waals surface area contributed by atoms with E-state index in [9.17, 15) is 4.57 Å². The van der Waals surface area contributed by atoms with Gasteiger partial charge in [-0.05, 0) is 6.42 Å². The summed E-state index contributed by atoms with van der Waals surface area (Å²) in [6.07, 6.45) is 1.75. The van der Waals surface area contributed by atoms with Gasteiger partial charge in [-0.15, -0.1) is 0 Å². The molecular weight excluding hydrogens is 155 g/mol. The average Bonchev–Trinajstić information content (AvgIpc) is 1.89. The summed E-state index contributed by atoms with van der Waals surface area (Å²) in [6.45, 7) is 2.30. The van der Waals surface area contributed by atoms with Crippen molar-refractivity contribution >= 4 is 7.75 Å². The lowest BCUT2D eigenvalue weighted by atomic mass is 10.4. The molecule has 0 aromatic carbocycles. The van der Waals surface area contributed by atoms with Crippen LogP contribution in [0.5, 0.6) is 0 Å². The van der Waals surface area contributed by atoms with E-state index in [1.807, 2.05) is 6.92 Å². The molecule has 0 fully saturated rings. The molecule has 0 amide bonds. The first-order valence-corrected chi connectivity index (χ1v) is 4.65. The molecule has 1 atom stereocenters. The van der Waals surface area contributed by atoms with Crippen LogP contribution < -0.4 is 11.4 Å². The summed E-state index contributed by atoms with van der Waals surface area (Å²) in [5, 5.41) is 0. The molecule has 0 aliphatic rings. The van der Waals surface area contributed by atoms with Gasteiger partial charge < -0.3 is 0 Å². The maximum atomic E-state index is 10.7. The minimum absolute atomic E-state index is 0.321. The largest absolute Gasteiger partial charge is 0.419 e. The van der Waals surface area contributed by atoms with Gasteiger partial charge in [-0.25, -0.2) is 20.6 Å². The van der Waals surface area contributed by atoms with Crippen LogP contribution in [-0.4, -0.2) is 6.61 Å². The Balaban J connectivity index is 3.38. The summed E-state index contributed by atoms with van der Waals surface area (Å²) in [5.74, 6) is 4.58. The highest BCUT2D eigenvalue weighted by Gasteiger charge is 2.14. The van der Waals surface area contributed by atoms with Crippen LogP contribution in [-0.2, 0) is 13.7 Å². The van der Waals surface area contributed by atoms with Gasteiger partial charge in [-0.1, -0.05) is 13.3 Å². The van der Waals surface area contributed by atoms with Crippen LogP contribution in [0.4, 0.5) is 0 Å². The molecule has 0 radical (unpaired) electrons. The average molecular weight is 168 g/mol. The van der Waals surface area contributed by atoms with Gasteiger partial charge in [0.25, 0.3) is 0 Å². The Labute approximate surface area is 60.2 Å². The molecule has 0 spiro atoms. The molecule has 0 aliphatic carbocycles. The normalized spacial score (nSPS) is 16.7. The van der Waals surface area contributed by atoms with Gasteiger partial charge in [0.1, 0.15) is 0 Å². The fraction of sp³-hybridized carbons (Fsp3) is 1.00. The Kier molecular flexibility index (Phi) is 4.85. The van der Waals surface area contributed by atoms with E-state index in [2.05, 4.69) is 15.0 Å². The lowest BCUT2D eigenvalue weighted by Gasteiger charge is -2.08. The van der Waals surface area contributed by atoms with E-state index in [1.165, 1.54) is 0 Å². The molecular formula is C4H13N2O3P. The van der Waals surface area contributed by atoms with Crippen molar-refractivity contribution in [2.45, 2.75) is 19.8 Å². The maximum Gasteiger partial charge on any atom is 0.419 e. The molecule has 0 saturated heterocycles.